The Morgan fingerprint density at radius 2 is 1.58 bits per heavy atom. The average Bonchev–Trinajstić information content (AvgIpc) is 2.61. The highest BCUT2D eigenvalue weighted by Crippen LogP contribution is 2.79. The first kappa shape index (κ1) is 50.8. The highest BCUT2D eigenvalue weighted by Gasteiger charge is 2.71. The highest BCUT2D eigenvalue weighted by atomic mass is 16.5. The molecular weight excluding hydrogens is 985 g/mol. The van der Waals surface area contributed by atoms with Crippen LogP contribution in [0.5, 0.6) is 46.0 Å². The van der Waals surface area contributed by atoms with Gasteiger partial charge in [-0.05, 0) is 205 Å². The molecule has 2 spiro atoms. The molecule has 5 saturated carbocycles. The van der Waals surface area contributed by atoms with Crippen molar-refractivity contribution in [3.05, 3.63) is 142 Å². The first-order valence-corrected chi connectivity index (χ1v) is 28.5. The van der Waals surface area contributed by atoms with Crippen LogP contribution in [0.1, 0.15) is 134 Å². The SMILES string of the molecule is NCOc1cc(CCC(=O)[C@H]2C[C@H](Cc3ccc(O)cc3O)[C@H]3C[C@H]4C[C@H]([C@@]56CC[C@]7(CC[C@@]8(CCC[C@@H]8CO)C7)[C@@H]5c5cc[nH]c5-c5ccccc56)[C@H](c5cc(O)c(O)c(OCc6cccc(O)c6)c54)[C@@H]3[C@H]2O)ccc1O. The molecule has 0 aliphatic heterocycles. The molecule has 13 nitrogen and oxygen atoms in total. The molecule has 0 radical (unpaired) electrons. The molecule has 0 saturated heterocycles. The van der Waals surface area contributed by atoms with E-state index in [2.05, 4.69) is 41.5 Å². The predicted molar refractivity (Wildman–Crippen MR) is 293 cm³/mol. The van der Waals surface area contributed by atoms with Crippen LogP contribution in [0.4, 0.5) is 0 Å². The number of rotatable bonds is 13. The van der Waals surface area contributed by atoms with Crippen molar-refractivity contribution in [1.29, 1.82) is 0 Å². The van der Waals surface area contributed by atoms with E-state index in [0.717, 1.165) is 73.8 Å². The summed E-state index contributed by atoms with van der Waals surface area (Å²) in [5.74, 6) is -2.79. The Hall–Kier alpha value is -6.67. The quantitative estimate of drug-likeness (QED) is 0.0384. The Morgan fingerprint density at radius 3 is 2.40 bits per heavy atom. The summed E-state index contributed by atoms with van der Waals surface area (Å²) in [6.45, 7) is 0.0660. The molecule has 5 fully saturated rings. The molecule has 408 valence electrons. The number of hydrogen-bond acceptors (Lipinski definition) is 12. The number of H-pyrrole nitrogens is 1. The number of fused-ring (bicyclic) bond motifs is 9. The molecule has 1 heterocycles. The van der Waals surface area contributed by atoms with Crippen LogP contribution >= 0.6 is 0 Å². The number of ketones is 1. The zero-order valence-electron chi connectivity index (χ0n) is 44.0. The van der Waals surface area contributed by atoms with Gasteiger partial charge in [0.1, 0.15) is 36.4 Å². The number of aromatic nitrogens is 1. The van der Waals surface area contributed by atoms with Crippen molar-refractivity contribution < 1.29 is 55.1 Å². The van der Waals surface area contributed by atoms with Crippen molar-refractivity contribution in [2.75, 3.05) is 13.3 Å². The summed E-state index contributed by atoms with van der Waals surface area (Å²) in [5, 5.41) is 91.8. The molecule has 5 aromatic carbocycles. The molecule has 1 aromatic heterocycles. The van der Waals surface area contributed by atoms with Gasteiger partial charge in [0.05, 0.1) is 6.10 Å². The fraction of sp³-hybridized carbons (Fsp3) is 0.462. The smallest absolute Gasteiger partial charge is 0.200 e. The molecule has 8 aliphatic rings. The molecule has 0 amide bonds. The van der Waals surface area contributed by atoms with Gasteiger partial charge in [0.2, 0.25) is 5.75 Å². The second kappa shape index (κ2) is 19.3. The van der Waals surface area contributed by atoms with E-state index in [9.17, 15) is 40.9 Å². The van der Waals surface area contributed by atoms with E-state index in [1.165, 1.54) is 28.8 Å². The molecule has 11 N–H and O–H groups in total. The van der Waals surface area contributed by atoms with Gasteiger partial charge in [-0.15, -0.1) is 0 Å². The number of aromatic hydroxyl groups is 6. The lowest BCUT2D eigenvalue weighted by atomic mass is 9.47. The van der Waals surface area contributed by atoms with Crippen LogP contribution < -0.4 is 15.2 Å². The van der Waals surface area contributed by atoms with Crippen LogP contribution in [0, 0.1) is 46.3 Å². The summed E-state index contributed by atoms with van der Waals surface area (Å²) in [5.41, 5.74) is 13.8. The highest BCUT2D eigenvalue weighted by molar-refractivity contribution is 5.82. The maximum Gasteiger partial charge on any atom is 0.200 e. The van der Waals surface area contributed by atoms with Crippen LogP contribution in [0.3, 0.4) is 0 Å². The lowest BCUT2D eigenvalue weighted by Gasteiger charge is -2.56. The van der Waals surface area contributed by atoms with Crippen molar-refractivity contribution >= 4 is 5.78 Å². The minimum Gasteiger partial charge on any atom is -0.508 e. The number of benzene rings is 5. The van der Waals surface area contributed by atoms with Crippen molar-refractivity contribution in [1.82, 2.24) is 4.98 Å². The number of ether oxygens (including phenoxy) is 2. The number of nitrogens with one attached hydrogen (secondary N) is 1. The summed E-state index contributed by atoms with van der Waals surface area (Å²) in [7, 11) is 0. The van der Waals surface area contributed by atoms with Gasteiger partial charge in [0.25, 0.3) is 0 Å². The molecule has 8 aliphatic carbocycles. The number of Topliss-reactive ketones (excluding diaryl/α,β-unsaturated/α-hetero) is 1. The molecular formula is C65H72N2O11. The van der Waals surface area contributed by atoms with Crippen LogP contribution in [0.15, 0.2) is 103 Å². The number of hydrogen-bond donors (Lipinski definition) is 10. The second-order valence-electron chi connectivity index (χ2n) is 24.8. The van der Waals surface area contributed by atoms with Gasteiger partial charge >= 0.3 is 0 Å². The Kier molecular flexibility index (Phi) is 12.6. The van der Waals surface area contributed by atoms with Gasteiger partial charge in [-0.2, -0.15) is 0 Å². The topological polar surface area (TPSA) is 239 Å². The van der Waals surface area contributed by atoms with Crippen LogP contribution in [-0.2, 0) is 29.7 Å². The predicted octanol–water partition coefficient (Wildman–Crippen LogP) is 10.8. The lowest BCUT2D eigenvalue weighted by Crippen LogP contribution is -2.53. The normalized spacial score (nSPS) is 32.0. The third-order valence-corrected chi connectivity index (χ3v) is 21.4. The molecule has 78 heavy (non-hydrogen) atoms. The number of nitrogens with two attached hydrogens (primary N) is 1. The first-order valence-electron chi connectivity index (χ1n) is 28.5. The summed E-state index contributed by atoms with van der Waals surface area (Å²) >= 11 is 0. The lowest BCUT2D eigenvalue weighted by molar-refractivity contribution is -0.136. The largest absolute Gasteiger partial charge is 0.508 e. The monoisotopic (exact) mass is 1060 g/mol. The van der Waals surface area contributed by atoms with Crippen molar-refractivity contribution in [3.8, 4) is 57.3 Å². The van der Waals surface area contributed by atoms with Crippen LogP contribution in [-0.4, -0.2) is 71.1 Å². The maximum atomic E-state index is 15.3. The molecule has 14 rings (SSSR count). The summed E-state index contributed by atoms with van der Waals surface area (Å²) < 4.78 is 12.2. The Balaban J connectivity index is 0.997. The Morgan fingerprint density at radius 1 is 0.756 bits per heavy atom. The van der Waals surface area contributed by atoms with E-state index in [4.69, 9.17) is 15.2 Å². The van der Waals surface area contributed by atoms with Crippen molar-refractivity contribution in [2.45, 2.75) is 126 Å². The Labute approximate surface area is 454 Å². The van der Waals surface area contributed by atoms with E-state index in [1.54, 1.807) is 48.5 Å². The summed E-state index contributed by atoms with van der Waals surface area (Å²) in [6.07, 6.45) is 11.7. The summed E-state index contributed by atoms with van der Waals surface area (Å²) in [4.78, 5) is 19.0. The molecule has 13 heteroatoms. The summed E-state index contributed by atoms with van der Waals surface area (Å²) in [6, 6.07) is 29.3. The van der Waals surface area contributed by atoms with Gasteiger partial charge in [-0.1, -0.05) is 55.0 Å². The fourth-order valence-corrected chi connectivity index (χ4v) is 18.5. The van der Waals surface area contributed by atoms with E-state index in [0.29, 0.717) is 43.2 Å². The number of carbonyl (C=O) groups is 1. The number of phenols is 6. The molecule has 6 aromatic rings. The third kappa shape index (κ3) is 7.91. The second-order valence-corrected chi connectivity index (χ2v) is 24.8. The van der Waals surface area contributed by atoms with Gasteiger partial charge in [0.15, 0.2) is 23.0 Å². The van der Waals surface area contributed by atoms with E-state index in [1.807, 2.05) is 6.07 Å². The number of aromatic amines is 1. The van der Waals surface area contributed by atoms with Gasteiger partial charge in [0, 0.05) is 59.4 Å². The molecule has 13 atom stereocenters. The maximum absolute atomic E-state index is 15.3. The van der Waals surface area contributed by atoms with E-state index in [-0.39, 0.29) is 124 Å². The Bertz CT molecular complexity index is 3300. The fourth-order valence-electron chi connectivity index (χ4n) is 18.5. The number of carbonyl (C=O) groups excluding carboxylic acids is 1. The van der Waals surface area contributed by atoms with Crippen LogP contribution in [0.2, 0.25) is 0 Å². The number of phenolic OH excluding ortho intramolecular Hbond substituents is 6. The number of aryl methyl sites for hydroxylation is 1. The van der Waals surface area contributed by atoms with Gasteiger partial charge < -0.3 is 55.3 Å². The average molecular weight is 1060 g/mol. The van der Waals surface area contributed by atoms with Crippen LogP contribution in [0.25, 0.3) is 11.3 Å². The zero-order chi connectivity index (χ0) is 53.8. The first-order chi connectivity index (χ1) is 37.8. The number of aliphatic hydroxyl groups excluding tert-OH is 2. The van der Waals surface area contributed by atoms with Crippen molar-refractivity contribution in [3.63, 3.8) is 0 Å². The minimum atomic E-state index is -1.13. The zero-order valence-corrected chi connectivity index (χ0v) is 44.0. The van der Waals surface area contributed by atoms with E-state index < -0.39 is 29.3 Å². The standard InChI is InChI=1S/C65H72N2O11/c66-34-78-54-24-35(11-15-51(54)72)10-14-50(71)46-26-38(25-37-12-13-42(70)29-52(37)73)45-27-39-28-49(56(57(45)59(46)75)47-30-53(74)60(76)61(55(39)47)77-32-36-5-3-7-41(69)23-36)65-21-20-64(19-18-63(33-64)17-4-6-40(63)31-68)62(65)44-16-22-67-58(44)43-8-1-2-9-48(43)65/h1-3,5,7-9,11-13,15-16,22-24,29-30,38-40,45-46,49,56-57,59,62,67-70,72-76H,4,6,10,14,17-21,25-28,31-34,66H2/t38-,39-,40+,45+,46+,49-,56-,57+,59-,62-,63-,64-,65-/m0/s1. The molecule has 2 bridgehead atoms. The number of aliphatic hydroxyl groups is 2. The third-order valence-electron chi connectivity index (χ3n) is 21.4. The van der Waals surface area contributed by atoms with Gasteiger partial charge in [-0.25, -0.2) is 0 Å². The van der Waals surface area contributed by atoms with Gasteiger partial charge in [-0.3, -0.25) is 10.5 Å². The van der Waals surface area contributed by atoms with Crippen molar-refractivity contribution in [2.24, 2.45) is 52.1 Å². The van der Waals surface area contributed by atoms with E-state index >= 15 is 4.79 Å². The molecule has 0 unspecified atom stereocenters. The minimum absolute atomic E-state index is 0.00309.